The Bertz CT molecular complexity index is 776. The van der Waals surface area contributed by atoms with E-state index in [-0.39, 0.29) is 5.91 Å². The molecule has 0 aliphatic carbocycles. The third kappa shape index (κ3) is 2.62. The highest BCUT2D eigenvalue weighted by molar-refractivity contribution is 6.06. The lowest BCUT2D eigenvalue weighted by Crippen LogP contribution is -2.26. The van der Waals surface area contributed by atoms with E-state index in [1.54, 1.807) is 25.5 Å². The second-order valence-electron chi connectivity index (χ2n) is 4.84. The van der Waals surface area contributed by atoms with Crippen LogP contribution in [-0.2, 0) is 6.42 Å². The molecule has 3 aromatic heterocycles. The minimum atomic E-state index is -0.156. The van der Waals surface area contributed by atoms with Crippen molar-refractivity contribution in [3.63, 3.8) is 0 Å². The summed E-state index contributed by atoms with van der Waals surface area (Å²) in [6, 6.07) is 1.75. The number of rotatable bonds is 4. The van der Waals surface area contributed by atoms with Crippen molar-refractivity contribution in [2.45, 2.75) is 20.3 Å². The number of hydrogen-bond donors (Lipinski definition) is 2. The van der Waals surface area contributed by atoms with Gasteiger partial charge >= 0.3 is 0 Å². The Morgan fingerprint density at radius 3 is 3.05 bits per heavy atom. The highest BCUT2D eigenvalue weighted by Crippen LogP contribution is 2.21. The minimum Gasteiger partial charge on any atom is -0.352 e. The number of imidazole rings is 1. The number of hydrogen-bond acceptors (Lipinski definition) is 5. The van der Waals surface area contributed by atoms with E-state index in [4.69, 9.17) is 4.52 Å². The van der Waals surface area contributed by atoms with Crippen LogP contribution < -0.4 is 5.32 Å². The Morgan fingerprint density at radius 1 is 1.43 bits per heavy atom. The highest BCUT2D eigenvalue weighted by atomic mass is 16.5. The first-order chi connectivity index (χ1) is 10.1. The molecule has 1 amide bonds. The largest absolute Gasteiger partial charge is 0.352 e. The van der Waals surface area contributed by atoms with Gasteiger partial charge in [-0.2, -0.15) is 0 Å². The maximum Gasteiger partial charge on any atom is 0.258 e. The maximum atomic E-state index is 12.4. The zero-order valence-corrected chi connectivity index (χ0v) is 11.8. The molecule has 7 nitrogen and oxygen atoms in total. The number of fused-ring (bicyclic) bond motifs is 1. The van der Waals surface area contributed by atoms with Gasteiger partial charge in [-0.3, -0.25) is 4.79 Å². The zero-order valence-electron chi connectivity index (χ0n) is 11.8. The molecule has 0 aromatic carbocycles. The van der Waals surface area contributed by atoms with E-state index >= 15 is 0 Å². The molecule has 0 unspecified atom stereocenters. The van der Waals surface area contributed by atoms with Gasteiger partial charge < -0.3 is 14.8 Å². The van der Waals surface area contributed by atoms with Gasteiger partial charge in [-0.05, 0) is 19.9 Å². The van der Waals surface area contributed by atoms with Crippen LogP contribution in [0.15, 0.2) is 23.1 Å². The normalized spacial score (nSPS) is 11.0. The van der Waals surface area contributed by atoms with Gasteiger partial charge in [0.15, 0.2) is 0 Å². The number of aryl methyl sites for hydroxylation is 2. The fraction of sp³-hybridized carbons (Fsp3) is 0.286. The van der Waals surface area contributed by atoms with Gasteiger partial charge in [0.25, 0.3) is 11.6 Å². The van der Waals surface area contributed by atoms with Crippen LogP contribution in [0.4, 0.5) is 0 Å². The summed E-state index contributed by atoms with van der Waals surface area (Å²) in [4.78, 5) is 23.5. The molecule has 0 saturated heterocycles. The number of nitrogens with one attached hydrogen (secondary N) is 2. The summed E-state index contributed by atoms with van der Waals surface area (Å²) in [5, 5.41) is 7.43. The summed E-state index contributed by atoms with van der Waals surface area (Å²) < 4.78 is 5.13. The predicted octanol–water partition coefficient (Wildman–Crippen LogP) is 1.54. The fourth-order valence-corrected chi connectivity index (χ4v) is 2.22. The van der Waals surface area contributed by atoms with Crippen LogP contribution in [0.1, 0.15) is 27.4 Å². The summed E-state index contributed by atoms with van der Waals surface area (Å²) in [5.74, 6) is -0.156. The molecule has 0 aliphatic rings. The SMILES string of the molecule is Cc1cc(C(=O)NCCc2cnc[nH]2)c2c(C)noc2n1. The Morgan fingerprint density at radius 2 is 2.29 bits per heavy atom. The van der Waals surface area contributed by atoms with Crippen molar-refractivity contribution in [2.24, 2.45) is 0 Å². The van der Waals surface area contributed by atoms with Crippen LogP contribution in [0.25, 0.3) is 11.1 Å². The summed E-state index contributed by atoms with van der Waals surface area (Å²) in [6.45, 7) is 4.14. The van der Waals surface area contributed by atoms with Crippen molar-refractivity contribution >= 4 is 17.0 Å². The predicted molar refractivity (Wildman–Crippen MR) is 75.9 cm³/mol. The summed E-state index contributed by atoms with van der Waals surface area (Å²) in [6.07, 6.45) is 4.06. The Balaban J connectivity index is 1.79. The first kappa shape index (κ1) is 13.3. The summed E-state index contributed by atoms with van der Waals surface area (Å²) >= 11 is 0. The topological polar surface area (TPSA) is 96.7 Å². The van der Waals surface area contributed by atoms with Crippen LogP contribution in [0.2, 0.25) is 0 Å². The Kier molecular flexibility index (Phi) is 3.39. The van der Waals surface area contributed by atoms with Crippen LogP contribution in [0, 0.1) is 13.8 Å². The molecule has 0 fully saturated rings. The van der Waals surface area contributed by atoms with Gasteiger partial charge in [-0.15, -0.1) is 0 Å². The van der Waals surface area contributed by atoms with Crippen LogP contribution >= 0.6 is 0 Å². The molecule has 3 aromatic rings. The van der Waals surface area contributed by atoms with Gasteiger partial charge in [0, 0.05) is 30.6 Å². The molecule has 3 rings (SSSR count). The first-order valence-electron chi connectivity index (χ1n) is 6.64. The van der Waals surface area contributed by atoms with Crippen molar-refractivity contribution in [3.8, 4) is 0 Å². The first-order valence-corrected chi connectivity index (χ1v) is 6.64. The molecular formula is C14H15N5O2. The number of nitrogens with zero attached hydrogens (tertiary/aromatic N) is 3. The number of H-pyrrole nitrogens is 1. The van der Waals surface area contributed by atoms with Crippen molar-refractivity contribution < 1.29 is 9.32 Å². The maximum absolute atomic E-state index is 12.4. The second kappa shape index (κ2) is 5.35. The number of aromatic nitrogens is 4. The standard InChI is InChI=1S/C14H15N5O2/c1-8-5-11(12-9(2)19-21-14(12)18-8)13(20)16-4-3-10-6-15-7-17-10/h5-7H,3-4H2,1-2H3,(H,15,17)(H,16,20). The summed E-state index contributed by atoms with van der Waals surface area (Å²) in [7, 11) is 0. The molecule has 2 N–H and O–H groups in total. The van der Waals surface area contributed by atoms with Gasteiger partial charge in [-0.25, -0.2) is 9.97 Å². The number of amides is 1. The fourth-order valence-electron chi connectivity index (χ4n) is 2.22. The molecule has 0 aliphatic heterocycles. The molecular weight excluding hydrogens is 270 g/mol. The van der Waals surface area contributed by atoms with E-state index < -0.39 is 0 Å². The number of pyridine rings is 1. The molecule has 7 heteroatoms. The van der Waals surface area contributed by atoms with E-state index in [1.165, 1.54) is 0 Å². The zero-order chi connectivity index (χ0) is 14.8. The van der Waals surface area contributed by atoms with E-state index in [1.807, 2.05) is 6.92 Å². The van der Waals surface area contributed by atoms with E-state index in [0.29, 0.717) is 35.3 Å². The Labute approximate surface area is 120 Å². The van der Waals surface area contributed by atoms with Crippen LogP contribution in [0.3, 0.4) is 0 Å². The monoisotopic (exact) mass is 285 g/mol. The smallest absolute Gasteiger partial charge is 0.258 e. The third-order valence-electron chi connectivity index (χ3n) is 3.22. The second-order valence-corrected chi connectivity index (χ2v) is 4.84. The number of carbonyl (C=O) groups is 1. The quantitative estimate of drug-likeness (QED) is 0.757. The molecule has 21 heavy (non-hydrogen) atoms. The third-order valence-corrected chi connectivity index (χ3v) is 3.22. The van der Waals surface area contributed by atoms with Crippen molar-refractivity contribution in [1.82, 2.24) is 25.4 Å². The molecule has 0 atom stereocenters. The van der Waals surface area contributed by atoms with E-state index in [2.05, 4.69) is 25.4 Å². The van der Waals surface area contributed by atoms with Crippen molar-refractivity contribution in [1.29, 1.82) is 0 Å². The summed E-state index contributed by atoms with van der Waals surface area (Å²) in [5.41, 5.74) is 3.30. The molecule has 108 valence electrons. The average molecular weight is 285 g/mol. The molecule has 0 bridgehead atoms. The van der Waals surface area contributed by atoms with E-state index in [9.17, 15) is 4.79 Å². The molecule has 0 spiro atoms. The highest BCUT2D eigenvalue weighted by Gasteiger charge is 2.17. The minimum absolute atomic E-state index is 0.156. The van der Waals surface area contributed by atoms with Crippen molar-refractivity contribution in [2.75, 3.05) is 6.54 Å². The lowest BCUT2D eigenvalue weighted by molar-refractivity contribution is 0.0955. The van der Waals surface area contributed by atoms with Gasteiger partial charge in [0.05, 0.1) is 23.0 Å². The van der Waals surface area contributed by atoms with Crippen LogP contribution in [0.5, 0.6) is 0 Å². The van der Waals surface area contributed by atoms with Crippen LogP contribution in [-0.4, -0.2) is 32.6 Å². The van der Waals surface area contributed by atoms with Crippen molar-refractivity contribution in [3.05, 3.63) is 41.2 Å². The Hall–Kier alpha value is -2.70. The number of aromatic amines is 1. The molecule has 0 radical (unpaired) electrons. The lowest BCUT2D eigenvalue weighted by atomic mass is 10.1. The van der Waals surface area contributed by atoms with E-state index in [0.717, 1.165) is 11.4 Å². The average Bonchev–Trinajstić information content (AvgIpc) is 3.08. The lowest BCUT2D eigenvalue weighted by Gasteiger charge is -2.06. The number of carbonyl (C=O) groups excluding carboxylic acids is 1. The van der Waals surface area contributed by atoms with Gasteiger partial charge in [0.2, 0.25) is 0 Å². The van der Waals surface area contributed by atoms with Gasteiger partial charge in [-0.1, -0.05) is 5.16 Å². The molecule has 0 saturated carbocycles. The van der Waals surface area contributed by atoms with Gasteiger partial charge in [0.1, 0.15) is 0 Å². The molecule has 3 heterocycles.